The molecule has 0 amide bonds. The van der Waals surface area contributed by atoms with Crippen LogP contribution in [-0.2, 0) is 4.43 Å². The topological polar surface area (TPSA) is 26.3 Å². The number of benzene rings is 4. The number of carbonyl (C=O) groups is 1. The average molecular weight is 461 g/mol. The van der Waals surface area contributed by atoms with Gasteiger partial charge < -0.3 is 4.43 Å². The Hall–Kier alpha value is -3.69. The molecule has 0 fully saturated rings. The Bertz CT molecular complexity index is 1310. The van der Waals surface area contributed by atoms with Crippen LogP contribution in [0.5, 0.6) is 0 Å². The minimum absolute atomic E-state index is 0.0229. The summed E-state index contributed by atoms with van der Waals surface area (Å²) in [7, 11) is -2.90. The highest BCUT2D eigenvalue weighted by Crippen LogP contribution is 2.45. The molecular formula is C31H28O2Si. The number of hydrogen-bond donors (Lipinski definition) is 0. The van der Waals surface area contributed by atoms with E-state index >= 15 is 0 Å². The Labute approximate surface area is 202 Å². The smallest absolute Gasteiger partial charge is 0.320 e. The van der Waals surface area contributed by atoms with Gasteiger partial charge >= 0.3 is 8.32 Å². The van der Waals surface area contributed by atoms with E-state index in [2.05, 4.69) is 69.3 Å². The van der Waals surface area contributed by atoms with E-state index in [9.17, 15) is 4.79 Å². The predicted molar refractivity (Wildman–Crippen MR) is 143 cm³/mol. The van der Waals surface area contributed by atoms with Crippen LogP contribution >= 0.6 is 0 Å². The second-order valence-electron chi connectivity index (χ2n) is 9.71. The maximum Gasteiger partial charge on any atom is 0.320 e. The minimum Gasteiger partial charge on any atom is -0.533 e. The van der Waals surface area contributed by atoms with E-state index < -0.39 is 8.32 Å². The van der Waals surface area contributed by atoms with Crippen molar-refractivity contribution in [2.75, 3.05) is 0 Å². The molecule has 3 heteroatoms. The summed E-state index contributed by atoms with van der Waals surface area (Å²) in [6.45, 7) is 6.76. The third kappa shape index (κ3) is 3.53. The van der Waals surface area contributed by atoms with E-state index in [4.69, 9.17) is 4.43 Å². The van der Waals surface area contributed by atoms with Gasteiger partial charge in [0.25, 0.3) is 0 Å². The zero-order valence-corrected chi connectivity index (χ0v) is 20.8. The SMILES string of the molecule is CC(C)(C)[Si](OC1=C(c2ccccc2)C(=O)c2ccccc21)(c1ccccc1)c1ccccc1. The minimum atomic E-state index is -2.90. The van der Waals surface area contributed by atoms with Crippen LogP contribution in [-0.4, -0.2) is 14.1 Å². The first-order chi connectivity index (χ1) is 16.4. The van der Waals surface area contributed by atoms with Gasteiger partial charge in [-0.3, -0.25) is 4.79 Å². The second-order valence-corrected chi connectivity index (χ2v) is 13.9. The lowest BCUT2D eigenvalue weighted by Gasteiger charge is -2.43. The monoisotopic (exact) mass is 460 g/mol. The molecule has 0 unspecified atom stereocenters. The first-order valence-electron chi connectivity index (χ1n) is 11.7. The standard InChI is InChI=1S/C31H28O2Si/c1-31(2,3)34(24-17-9-5-10-18-24,25-19-11-6-12-20-25)33-30-27-22-14-13-21-26(27)29(32)28(30)23-15-7-4-8-16-23/h4-22H,1-3H3. The van der Waals surface area contributed by atoms with Gasteiger partial charge in [0.1, 0.15) is 5.76 Å². The molecule has 0 N–H and O–H groups in total. The van der Waals surface area contributed by atoms with Crippen molar-refractivity contribution in [2.24, 2.45) is 0 Å². The highest BCUT2D eigenvalue weighted by molar-refractivity contribution is 7.00. The summed E-state index contributed by atoms with van der Waals surface area (Å²) in [5, 5.41) is 2.17. The molecule has 34 heavy (non-hydrogen) atoms. The average Bonchev–Trinajstić information content (AvgIpc) is 3.14. The fraction of sp³-hybridized carbons (Fsp3) is 0.129. The number of carbonyl (C=O) groups excluding carboxylic acids is 1. The number of rotatable bonds is 5. The Morgan fingerprint density at radius 1 is 0.588 bits per heavy atom. The van der Waals surface area contributed by atoms with Crippen molar-refractivity contribution in [3.63, 3.8) is 0 Å². The molecule has 0 saturated carbocycles. The van der Waals surface area contributed by atoms with Gasteiger partial charge in [0.2, 0.25) is 0 Å². The maximum atomic E-state index is 13.7. The van der Waals surface area contributed by atoms with Gasteiger partial charge in [-0.05, 0) is 21.0 Å². The van der Waals surface area contributed by atoms with Gasteiger partial charge in [0, 0.05) is 11.1 Å². The Kier molecular flexibility index (Phi) is 5.58. The summed E-state index contributed by atoms with van der Waals surface area (Å²) >= 11 is 0. The van der Waals surface area contributed by atoms with E-state index in [0.717, 1.165) is 11.1 Å². The van der Waals surface area contributed by atoms with Crippen LogP contribution in [0.1, 0.15) is 42.3 Å². The maximum absolute atomic E-state index is 13.7. The normalized spacial score (nSPS) is 13.7. The molecule has 0 aromatic heterocycles. The molecule has 4 aromatic carbocycles. The molecule has 0 heterocycles. The van der Waals surface area contributed by atoms with Crippen LogP contribution in [0.3, 0.4) is 0 Å². The van der Waals surface area contributed by atoms with Crippen LogP contribution in [0.2, 0.25) is 5.04 Å². The Morgan fingerprint density at radius 3 is 1.53 bits per heavy atom. The van der Waals surface area contributed by atoms with Crippen LogP contribution in [0, 0.1) is 0 Å². The summed E-state index contributed by atoms with van der Waals surface area (Å²) in [4.78, 5) is 13.7. The third-order valence-corrected chi connectivity index (χ3v) is 11.5. The molecule has 168 valence electrons. The van der Waals surface area contributed by atoms with E-state index in [1.807, 2.05) is 66.7 Å². The number of ketones is 1. The Balaban J connectivity index is 1.83. The van der Waals surface area contributed by atoms with E-state index in [0.29, 0.717) is 16.9 Å². The van der Waals surface area contributed by atoms with Crippen LogP contribution in [0.25, 0.3) is 11.3 Å². The van der Waals surface area contributed by atoms with Gasteiger partial charge in [-0.2, -0.15) is 0 Å². The quantitative estimate of drug-likeness (QED) is 0.325. The lowest BCUT2D eigenvalue weighted by molar-refractivity contribution is 0.105. The van der Waals surface area contributed by atoms with Crippen molar-refractivity contribution in [2.45, 2.75) is 25.8 Å². The van der Waals surface area contributed by atoms with Gasteiger partial charge in [0.05, 0.1) is 5.57 Å². The fourth-order valence-corrected chi connectivity index (χ4v) is 9.48. The molecule has 4 aromatic rings. The molecule has 5 rings (SSSR count). The number of Topliss-reactive ketones (excluding diaryl/α,β-unsaturated/α-hetero) is 1. The van der Waals surface area contributed by atoms with Gasteiger partial charge in [-0.25, -0.2) is 0 Å². The first-order valence-corrected chi connectivity index (χ1v) is 13.6. The summed E-state index contributed by atoms with van der Waals surface area (Å²) in [5.41, 5.74) is 3.11. The summed E-state index contributed by atoms with van der Waals surface area (Å²) in [6, 6.07) is 38.8. The third-order valence-electron chi connectivity index (χ3n) is 6.60. The molecule has 0 saturated heterocycles. The van der Waals surface area contributed by atoms with Crippen molar-refractivity contribution in [1.29, 1.82) is 0 Å². The number of allylic oxidation sites excluding steroid dienone is 1. The van der Waals surface area contributed by atoms with Gasteiger partial charge in [0.15, 0.2) is 5.78 Å². The largest absolute Gasteiger partial charge is 0.533 e. The van der Waals surface area contributed by atoms with E-state index in [1.54, 1.807) is 0 Å². The lowest BCUT2D eigenvalue weighted by Crippen LogP contribution is -2.66. The van der Waals surface area contributed by atoms with Crippen molar-refractivity contribution in [3.05, 3.63) is 132 Å². The van der Waals surface area contributed by atoms with E-state index in [1.165, 1.54) is 10.4 Å². The lowest BCUT2D eigenvalue weighted by atomic mass is 10.0. The summed E-state index contributed by atoms with van der Waals surface area (Å²) < 4.78 is 7.40. The summed E-state index contributed by atoms with van der Waals surface area (Å²) in [5.74, 6) is 0.718. The molecule has 2 nitrogen and oxygen atoms in total. The van der Waals surface area contributed by atoms with Crippen molar-refractivity contribution in [1.82, 2.24) is 0 Å². The van der Waals surface area contributed by atoms with Crippen molar-refractivity contribution < 1.29 is 9.22 Å². The van der Waals surface area contributed by atoms with Crippen molar-refractivity contribution in [3.8, 4) is 0 Å². The van der Waals surface area contributed by atoms with Crippen molar-refractivity contribution >= 4 is 35.8 Å². The highest BCUT2D eigenvalue weighted by Gasteiger charge is 2.53. The molecule has 1 aliphatic carbocycles. The zero-order chi connectivity index (χ0) is 23.8. The van der Waals surface area contributed by atoms with Gasteiger partial charge in [-0.1, -0.05) is 136 Å². The number of hydrogen-bond acceptors (Lipinski definition) is 2. The van der Waals surface area contributed by atoms with Gasteiger partial charge in [-0.15, -0.1) is 0 Å². The van der Waals surface area contributed by atoms with Crippen LogP contribution < -0.4 is 10.4 Å². The Morgan fingerprint density at radius 2 is 1.03 bits per heavy atom. The first kappa shape index (κ1) is 22.1. The fourth-order valence-electron chi connectivity index (χ4n) is 5.03. The molecule has 1 aliphatic rings. The van der Waals surface area contributed by atoms with Crippen LogP contribution in [0.15, 0.2) is 115 Å². The molecule has 0 radical (unpaired) electrons. The molecule has 0 bridgehead atoms. The second kappa shape index (κ2) is 8.58. The van der Waals surface area contributed by atoms with Crippen LogP contribution in [0.4, 0.5) is 0 Å². The zero-order valence-electron chi connectivity index (χ0n) is 19.8. The van der Waals surface area contributed by atoms with E-state index in [-0.39, 0.29) is 10.8 Å². The summed E-state index contributed by atoms with van der Waals surface area (Å²) in [6.07, 6.45) is 0. The molecule has 0 atom stereocenters. The molecule has 0 aliphatic heterocycles. The molecule has 0 spiro atoms. The molecular weight excluding hydrogens is 432 g/mol. The number of fused-ring (bicyclic) bond motifs is 1. The predicted octanol–water partition coefficient (Wildman–Crippen LogP) is 6.33. The highest BCUT2D eigenvalue weighted by atomic mass is 28.4.